The summed E-state index contributed by atoms with van der Waals surface area (Å²) in [5.74, 6) is -1.64. The van der Waals surface area contributed by atoms with Gasteiger partial charge in [-0.3, -0.25) is 0 Å². The lowest BCUT2D eigenvalue weighted by Crippen LogP contribution is -2.18. The van der Waals surface area contributed by atoms with Crippen LogP contribution < -0.4 is 10.5 Å². The number of ether oxygens (including phenoxy) is 1. The number of aryl methyl sites for hydroxylation is 1. The third-order valence-electron chi connectivity index (χ3n) is 2.98. The van der Waals surface area contributed by atoms with Crippen LogP contribution in [-0.4, -0.2) is 6.04 Å². The molecule has 0 radical (unpaired) electrons. The molecule has 0 aliphatic carbocycles. The molecule has 0 aliphatic heterocycles. The lowest BCUT2D eigenvalue weighted by Gasteiger charge is -2.12. The van der Waals surface area contributed by atoms with Crippen LogP contribution in [0.15, 0.2) is 30.3 Å². The van der Waals surface area contributed by atoms with Crippen molar-refractivity contribution in [2.75, 3.05) is 0 Å². The predicted octanol–water partition coefficient (Wildman–Crippen LogP) is 4.61. The number of nitrogens with two attached hydrogens (primary N) is 1. The first kappa shape index (κ1) is 15.7. The van der Waals surface area contributed by atoms with E-state index in [0.29, 0.717) is 22.8 Å². The smallest absolute Gasteiger partial charge is 0.198 e. The molecule has 2 aromatic carbocycles. The SMILES string of the molecule is Cc1ccc(Cl)cc1Oc1c(F)cc(CC(C)N)cc1F. The lowest BCUT2D eigenvalue weighted by molar-refractivity contribution is 0.404. The molecule has 1 atom stereocenters. The molecule has 5 heteroatoms. The van der Waals surface area contributed by atoms with Gasteiger partial charge < -0.3 is 10.5 Å². The average molecular weight is 312 g/mol. The number of hydrogen-bond acceptors (Lipinski definition) is 2. The van der Waals surface area contributed by atoms with Gasteiger partial charge in [-0.1, -0.05) is 17.7 Å². The van der Waals surface area contributed by atoms with Gasteiger partial charge in [-0.2, -0.15) is 0 Å². The van der Waals surface area contributed by atoms with E-state index in [0.717, 1.165) is 5.56 Å². The van der Waals surface area contributed by atoms with Gasteiger partial charge in [-0.25, -0.2) is 8.78 Å². The third kappa shape index (κ3) is 3.93. The number of rotatable bonds is 4. The van der Waals surface area contributed by atoms with E-state index in [4.69, 9.17) is 22.1 Å². The summed E-state index contributed by atoms with van der Waals surface area (Å²) in [5.41, 5.74) is 6.86. The molecule has 0 heterocycles. The van der Waals surface area contributed by atoms with Crippen LogP contribution in [0.25, 0.3) is 0 Å². The first-order chi connectivity index (χ1) is 9.86. The second-order valence-electron chi connectivity index (χ2n) is 5.08. The molecular weight excluding hydrogens is 296 g/mol. The minimum atomic E-state index is -0.759. The Morgan fingerprint density at radius 1 is 1.19 bits per heavy atom. The molecule has 0 fully saturated rings. The highest BCUT2D eigenvalue weighted by Crippen LogP contribution is 2.32. The number of halogens is 3. The molecule has 0 amide bonds. The highest BCUT2D eigenvalue weighted by atomic mass is 35.5. The van der Waals surface area contributed by atoms with Gasteiger partial charge in [0.15, 0.2) is 17.4 Å². The Kier molecular flexibility index (Phi) is 4.80. The molecule has 0 aliphatic rings. The summed E-state index contributed by atoms with van der Waals surface area (Å²) in [6.45, 7) is 3.54. The first-order valence-corrected chi connectivity index (χ1v) is 6.92. The maximum absolute atomic E-state index is 14.0. The van der Waals surface area contributed by atoms with Gasteiger partial charge in [0.1, 0.15) is 5.75 Å². The number of benzene rings is 2. The Balaban J connectivity index is 2.34. The maximum Gasteiger partial charge on any atom is 0.198 e. The molecular formula is C16H16ClF2NO. The summed E-state index contributed by atoms with van der Waals surface area (Å²) in [6.07, 6.45) is 0.393. The van der Waals surface area contributed by atoms with Crippen molar-refractivity contribution in [3.05, 3.63) is 58.1 Å². The highest BCUT2D eigenvalue weighted by molar-refractivity contribution is 6.30. The molecule has 0 aromatic heterocycles. The van der Waals surface area contributed by atoms with E-state index in [1.54, 1.807) is 26.0 Å². The van der Waals surface area contributed by atoms with E-state index in [-0.39, 0.29) is 6.04 Å². The Hall–Kier alpha value is -1.65. The van der Waals surface area contributed by atoms with Gasteiger partial charge >= 0.3 is 0 Å². The molecule has 2 N–H and O–H groups in total. The van der Waals surface area contributed by atoms with Crippen LogP contribution in [0.3, 0.4) is 0 Å². The van der Waals surface area contributed by atoms with Crippen molar-refractivity contribution in [1.29, 1.82) is 0 Å². The largest absolute Gasteiger partial charge is 0.451 e. The van der Waals surface area contributed by atoms with Crippen LogP contribution in [0, 0.1) is 18.6 Å². The van der Waals surface area contributed by atoms with Gasteiger partial charge in [0.25, 0.3) is 0 Å². The van der Waals surface area contributed by atoms with Gasteiger partial charge in [-0.05, 0) is 55.7 Å². The molecule has 2 nitrogen and oxygen atoms in total. The zero-order valence-corrected chi connectivity index (χ0v) is 12.5. The quantitative estimate of drug-likeness (QED) is 0.895. The van der Waals surface area contributed by atoms with Crippen molar-refractivity contribution in [1.82, 2.24) is 0 Å². The highest BCUT2D eigenvalue weighted by Gasteiger charge is 2.15. The van der Waals surface area contributed by atoms with Crippen molar-refractivity contribution in [3.8, 4) is 11.5 Å². The van der Waals surface area contributed by atoms with Crippen LogP contribution >= 0.6 is 11.6 Å². The molecule has 1 unspecified atom stereocenters. The minimum absolute atomic E-state index is 0.175. The molecule has 0 saturated heterocycles. The van der Waals surface area contributed by atoms with E-state index in [1.165, 1.54) is 18.2 Å². The van der Waals surface area contributed by atoms with E-state index in [1.807, 2.05) is 0 Å². The van der Waals surface area contributed by atoms with Crippen molar-refractivity contribution >= 4 is 11.6 Å². The van der Waals surface area contributed by atoms with Crippen LogP contribution in [0.4, 0.5) is 8.78 Å². The Labute approximate surface area is 127 Å². The Morgan fingerprint density at radius 2 is 1.81 bits per heavy atom. The zero-order chi connectivity index (χ0) is 15.6. The second-order valence-corrected chi connectivity index (χ2v) is 5.52. The molecule has 2 aromatic rings. The average Bonchev–Trinajstić information content (AvgIpc) is 2.37. The standard InChI is InChI=1S/C16H16ClF2NO/c1-9-3-4-12(17)8-15(9)21-16-13(18)6-11(5-10(2)20)7-14(16)19/h3-4,6-8,10H,5,20H2,1-2H3. The van der Waals surface area contributed by atoms with Gasteiger partial charge in [0.05, 0.1) is 0 Å². The van der Waals surface area contributed by atoms with Crippen LogP contribution in [0.5, 0.6) is 11.5 Å². The fraction of sp³-hybridized carbons (Fsp3) is 0.250. The third-order valence-corrected chi connectivity index (χ3v) is 3.21. The van der Waals surface area contributed by atoms with Crippen molar-refractivity contribution in [2.45, 2.75) is 26.3 Å². The molecule has 0 saturated carbocycles. The maximum atomic E-state index is 14.0. The summed E-state index contributed by atoms with van der Waals surface area (Å²) in [4.78, 5) is 0. The van der Waals surface area contributed by atoms with Gasteiger partial charge in [0.2, 0.25) is 0 Å². The fourth-order valence-corrected chi connectivity index (χ4v) is 2.16. The monoisotopic (exact) mass is 311 g/mol. The molecule has 0 spiro atoms. The normalized spacial score (nSPS) is 12.3. The lowest BCUT2D eigenvalue weighted by atomic mass is 10.1. The fourth-order valence-electron chi connectivity index (χ4n) is 1.99. The topological polar surface area (TPSA) is 35.2 Å². The molecule has 112 valence electrons. The van der Waals surface area contributed by atoms with E-state index >= 15 is 0 Å². The van der Waals surface area contributed by atoms with Gasteiger partial charge in [-0.15, -0.1) is 0 Å². The summed E-state index contributed by atoms with van der Waals surface area (Å²) in [7, 11) is 0. The van der Waals surface area contributed by atoms with Crippen LogP contribution in [0.1, 0.15) is 18.1 Å². The first-order valence-electron chi connectivity index (χ1n) is 6.54. The van der Waals surface area contributed by atoms with Crippen LogP contribution in [0.2, 0.25) is 5.02 Å². The molecule has 21 heavy (non-hydrogen) atoms. The second kappa shape index (κ2) is 6.41. The summed E-state index contributed by atoms with van der Waals surface area (Å²) in [5, 5.41) is 0.435. The van der Waals surface area contributed by atoms with E-state index in [2.05, 4.69) is 0 Å². The summed E-state index contributed by atoms with van der Waals surface area (Å²) < 4.78 is 33.4. The van der Waals surface area contributed by atoms with Crippen LogP contribution in [-0.2, 0) is 6.42 Å². The molecule has 0 bridgehead atoms. The molecule has 2 rings (SSSR count). The minimum Gasteiger partial charge on any atom is -0.451 e. The van der Waals surface area contributed by atoms with Gasteiger partial charge in [0, 0.05) is 11.1 Å². The zero-order valence-electron chi connectivity index (χ0n) is 11.8. The van der Waals surface area contributed by atoms with Crippen molar-refractivity contribution in [2.24, 2.45) is 5.73 Å². The summed E-state index contributed by atoms with van der Waals surface area (Å²) in [6, 6.07) is 7.22. The van der Waals surface area contributed by atoms with Crippen molar-refractivity contribution in [3.63, 3.8) is 0 Å². The number of hydrogen-bond donors (Lipinski definition) is 1. The van der Waals surface area contributed by atoms with E-state index < -0.39 is 17.4 Å². The van der Waals surface area contributed by atoms with Crippen molar-refractivity contribution < 1.29 is 13.5 Å². The Morgan fingerprint density at radius 3 is 2.38 bits per heavy atom. The Bertz CT molecular complexity index is 636. The summed E-state index contributed by atoms with van der Waals surface area (Å²) >= 11 is 5.86. The predicted molar refractivity (Wildman–Crippen MR) is 80.0 cm³/mol. The van der Waals surface area contributed by atoms with E-state index in [9.17, 15) is 8.78 Å².